The van der Waals surface area contributed by atoms with Crippen molar-refractivity contribution >= 4 is 5.91 Å². The van der Waals surface area contributed by atoms with Crippen LogP contribution in [0.15, 0.2) is 4.52 Å². The fraction of sp³-hybridized carbons (Fsp3) is 0.714. The van der Waals surface area contributed by atoms with Crippen molar-refractivity contribution in [1.29, 1.82) is 0 Å². The van der Waals surface area contributed by atoms with Gasteiger partial charge in [0, 0.05) is 18.5 Å². The largest absolute Gasteiger partial charge is 0.391 e. The lowest BCUT2D eigenvalue weighted by Gasteiger charge is -2.16. The molecule has 0 saturated carbocycles. The summed E-state index contributed by atoms with van der Waals surface area (Å²) in [5, 5.41) is 16.3. The molecule has 0 fully saturated rings. The Morgan fingerprint density at radius 1 is 1.37 bits per heavy atom. The first kappa shape index (κ1) is 15.7. The van der Waals surface area contributed by atoms with Crippen LogP contribution in [-0.4, -0.2) is 28.8 Å². The first-order valence-corrected chi connectivity index (χ1v) is 6.70. The van der Waals surface area contributed by atoms with E-state index in [0.717, 1.165) is 17.0 Å². The number of carbonyl (C=O) groups excluding carboxylic acids is 1. The Morgan fingerprint density at radius 2 is 2.00 bits per heavy atom. The first-order chi connectivity index (χ1) is 8.82. The van der Waals surface area contributed by atoms with Gasteiger partial charge in [0.05, 0.1) is 11.8 Å². The number of aliphatic hydroxyl groups is 1. The molecule has 1 aromatic heterocycles. The fourth-order valence-electron chi connectivity index (χ4n) is 2.10. The van der Waals surface area contributed by atoms with E-state index in [-0.39, 0.29) is 17.7 Å². The summed E-state index contributed by atoms with van der Waals surface area (Å²) in [6, 6.07) is 0. The number of nitrogens with one attached hydrogen (secondary N) is 1. The second-order valence-corrected chi connectivity index (χ2v) is 5.46. The van der Waals surface area contributed by atoms with Crippen LogP contribution < -0.4 is 5.32 Å². The van der Waals surface area contributed by atoms with Gasteiger partial charge in [-0.05, 0) is 25.7 Å². The number of aryl methyl sites for hydroxylation is 2. The number of amides is 1. The third-order valence-electron chi connectivity index (χ3n) is 3.35. The van der Waals surface area contributed by atoms with Gasteiger partial charge in [-0.15, -0.1) is 0 Å². The van der Waals surface area contributed by atoms with E-state index < -0.39 is 6.10 Å². The zero-order valence-electron chi connectivity index (χ0n) is 12.4. The Balaban J connectivity index is 2.49. The third-order valence-corrected chi connectivity index (χ3v) is 3.35. The number of hydrogen-bond acceptors (Lipinski definition) is 4. The molecule has 0 aliphatic rings. The fourth-order valence-corrected chi connectivity index (χ4v) is 2.10. The summed E-state index contributed by atoms with van der Waals surface area (Å²) in [4.78, 5) is 11.8. The molecule has 0 bridgehead atoms. The maximum atomic E-state index is 11.8. The molecule has 0 aliphatic heterocycles. The van der Waals surface area contributed by atoms with Crippen molar-refractivity contribution in [2.45, 2.75) is 53.1 Å². The molecule has 0 aliphatic carbocycles. The predicted molar refractivity (Wildman–Crippen MR) is 72.9 cm³/mol. The minimum absolute atomic E-state index is 0.0578. The van der Waals surface area contributed by atoms with Gasteiger partial charge in [0.1, 0.15) is 5.76 Å². The summed E-state index contributed by atoms with van der Waals surface area (Å²) in [7, 11) is 0. The summed E-state index contributed by atoms with van der Waals surface area (Å²) >= 11 is 0. The van der Waals surface area contributed by atoms with Crippen molar-refractivity contribution in [3.05, 3.63) is 17.0 Å². The van der Waals surface area contributed by atoms with Crippen LogP contribution in [0.3, 0.4) is 0 Å². The Morgan fingerprint density at radius 3 is 2.47 bits per heavy atom. The topological polar surface area (TPSA) is 75.4 Å². The van der Waals surface area contributed by atoms with Crippen molar-refractivity contribution in [3.8, 4) is 0 Å². The molecule has 1 heterocycles. The monoisotopic (exact) mass is 268 g/mol. The smallest absolute Gasteiger partial charge is 0.220 e. The molecule has 1 rings (SSSR count). The highest BCUT2D eigenvalue weighted by molar-refractivity contribution is 5.76. The van der Waals surface area contributed by atoms with Gasteiger partial charge >= 0.3 is 0 Å². The number of rotatable bonds is 6. The third kappa shape index (κ3) is 4.35. The molecule has 0 saturated heterocycles. The van der Waals surface area contributed by atoms with Gasteiger partial charge in [0.15, 0.2) is 0 Å². The van der Waals surface area contributed by atoms with Crippen LogP contribution in [0.1, 0.15) is 50.1 Å². The first-order valence-electron chi connectivity index (χ1n) is 6.70. The Labute approximate surface area is 114 Å². The summed E-state index contributed by atoms with van der Waals surface area (Å²) in [6.45, 7) is 9.84. The van der Waals surface area contributed by atoms with Crippen LogP contribution in [-0.2, 0) is 4.79 Å². The quantitative estimate of drug-likeness (QED) is 0.826. The summed E-state index contributed by atoms with van der Waals surface area (Å²) in [5.41, 5.74) is 1.83. The van der Waals surface area contributed by atoms with Crippen molar-refractivity contribution in [1.82, 2.24) is 10.5 Å². The van der Waals surface area contributed by atoms with Crippen molar-refractivity contribution < 1.29 is 14.4 Å². The van der Waals surface area contributed by atoms with Crippen molar-refractivity contribution in [2.24, 2.45) is 5.92 Å². The molecular weight excluding hydrogens is 244 g/mol. The highest BCUT2D eigenvalue weighted by atomic mass is 16.5. The van der Waals surface area contributed by atoms with E-state index in [1.807, 2.05) is 34.6 Å². The highest BCUT2D eigenvalue weighted by Crippen LogP contribution is 2.25. The lowest BCUT2D eigenvalue weighted by atomic mass is 9.96. The number of aliphatic hydroxyl groups excluding tert-OH is 1. The van der Waals surface area contributed by atoms with Crippen LogP contribution in [0, 0.1) is 19.8 Å². The molecule has 19 heavy (non-hydrogen) atoms. The van der Waals surface area contributed by atoms with Gasteiger partial charge in [-0.2, -0.15) is 0 Å². The lowest BCUT2D eigenvalue weighted by molar-refractivity contribution is -0.122. The van der Waals surface area contributed by atoms with Crippen molar-refractivity contribution in [2.75, 3.05) is 6.54 Å². The Kier molecular flexibility index (Phi) is 5.54. The molecule has 0 spiro atoms. The molecule has 2 N–H and O–H groups in total. The van der Waals surface area contributed by atoms with E-state index in [9.17, 15) is 9.90 Å². The second kappa shape index (κ2) is 6.70. The second-order valence-electron chi connectivity index (χ2n) is 5.46. The van der Waals surface area contributed by atoms with E-state index in [0.29, 0.717) is 13.0 Å². The maximum Gasteiger partial charge on any atom is 0.220 e. The van der Waals surface area contributed by atoms with E-state index >= 15 is 0 Å². The predicted octanol–water partition coefficient (Wildman–Crippen LogP) is 1.92. The Bertz CT molecular complexity index is 407. The zero-order valence-corrected chi connectivity index (χ0v) is 12.4. The summed E-state index contributed by atoms with van der Waals surface area (Å²) in [6.07, 6.45) is -0.133. The highest BCUT2D eigenvalue weighted by Gasteiger charge is 2.19. The van der Waals surface area contributed by atoms with Crippen LogP contribution in [0.25, 0.3) is 0 Å². The summed E-state index contributed by atoms with van der Waals surface area (Å²) in [5.74, 6) is 0.898. The Hall–Kier alpha value is -1.36. The standard InChI is InChI=1S/C14H24N2O3/c1-8(2)12(17)7-15-13(18)6-9(3)14-10(4)16-19-11(14)5/h8-9,12,17H,6-7H2,1-5H3,(H,15,18). The molecule has 5 heteroatoms. The van der Waals surface area contributed by atoms with Gasteiger partial charge < -0.3 is 14.9 Å². The van der Waals surface area contributed by atoms with E-state index in [4.69, 9.17) is 4.52 Å². The van der Waals surface area contributed by atoms with Gasteiger partial charge in [-0.25, -0.2) is 0 Å². The molecule has 1 aromatic rings. The number of aromatic nitrogens is 1. The molecule has 0 radical (unpaired) electrons. The normalized spacial score (nSPS) is 14.5. The van der Waals surface area contributed by atoms with Crippen LogP contribution in [0.2, 0.25) is 0 Å². The van der Waals surface area contributed by atoms with Crippen LogP contribution in [0.4, 0.5) is 0 Å². The van der Waals surface area contributed by atoms with Crippen LogP contribution in [0.5, 0.6) is 0 Å². The zero-order chi connectivity index (χ0) is 14.6. The van der Waals surface area contributed by atoms with E-state index in [1.54, 1.807) is 0 Å². The lowest BCUT2D eigenvalue weighted by Crippen LogP contribution is -2.35. The average molecular weight is 268 g/mol. The molecule has 2 unspecified atom stereocenters. The molecule has 2 atom stereocenters. The minimum Gasteiger partial charge on any atom is -0.391 e. The van der Waals surface area contributed by atoms with Gasteiger partial charge in [0.25, 0.3) is 0 Å². The van der Waals surface area contributed by atoms with E-state index in [1.165, 1.54) is 0 Å². The molecule has 5 nitrogen and oxygen atoms in total. The van der Waals surface area contributed by atoms with Gasteiger partial charge in [-0.3, -0.25) is 4.79 Å². The number of hydrogen-bond donors (Lipinski definition) is 2. The molecule has 1 amide bonds. The minimum atomic E-state index is -0.502. The SMILES string of the molecule is Cc1noc(C)c1C(C)CC(=O)NCC(O)C(C)C. The van der Waals surface area contributed by atoms with Gasteiger partial charge in [-0.1, -0.05) is 25.9 Å². The number of carbonyl (C=O) groups is 1. The average Bonchev–Trinajstić information content (AvgIpc) is 2.65. The van der Waals surface area contributed by atoms with Crippen molar-refractivity contribution in [3.63, 3.8) is 0 Å². The van der Waals surface area contributed by atoms with Crippen LogP contribution >= 0.6 is 0 Å². The summed E-state index contributed by atoms with van der Waals surface area (Å²) < 4.78 is 5.11. The number of nitrogens with zero attached hydrogens (tertiary/aromatic N) is 1. The van der Waals surface area contributed by atoms with Gasteiger partial charge in [0.2, 0.25) is 5.91 Å². The molecular formula is C14H24N2O3. The maximum absolute atomic E-state index is 11.8. The van der Waals surface area contributed by atoms with E-state index in [2.05, 4.69) is 10.5 Å². The molecule has 108 valence electrons. The molecule has 0 aromatic carbocycles.